The predicted molar refractivity (Wildman–Crippen MR) is 124 cm³/mol. The van der Waals surface area contributed by atoms with Crippen molar-refractivity contribution in [3.8, 4) is 11.5 Å². The average Bonchev–Trinajstić information content (AvgIpc) is 2.73. The van der Waals surface area contributed by atoms with E-state index in [1.807, 2.05) is 18.2 Å². The van der Waals surface area contributed by atoms with Gasteiger partial charge >= 0.3 is 0 Å². The predicted octanol–water partition coefficient (Wildman–Crippen LogP) is 3.30. The summed E-state index contributed by atoms with van der Waals surface area (Å²) in [7, 11) is 1.69. The first-order chi connectivity index (χ1) is 13.6. The number of para-hydroxylation sites is 2. The largest absolute Gasteiger partial charge is 0.495 e. The lowest BCUT2D eigenvalue weighted by Crippen LogP contribution is -2.49. The molecule has 30 heavy (non-hydrogen) atoms. The van der Waals surface area contributed by atoms with Crippen molar-refractivity contribution in [2.24, 2.45) is 0 Å². The van der Waals surface area contributed by atoms with Gasteiger partial charge in [0.1, 0.15) is 24.2 Å². The highest BCUT2D eigenvalue weighted by molar-refractivity contribution is 5.94. The highest BCUT2D eigenvalue weighted by atomic mass is 35.5. The molecule has 1 unspecified atom stereocenters. The SMILES string of the molecule is COc1ccccc1N1CCN(CC(O)COc2ccc(C(C)=O)cc2)CC1.Cl.Cl. The second-order valence-electron chi connectivity index (χ2n) is 7.00. The van der Waals surface area contributed by atoms with Crippen molar-refractivity contribution in [2.45, 2.75) is 13.0 Å². The number of hydrogen-bond donors (Lipinski definition) is 1. The van der Waals surface area contributed by atoms with Crippen LogP contribution in [-0.4, -0.2) is 68.3 Å². The van der Waals surface area contributed by atoms with Gasteiger partial charge in [-0.2, -0.15) is 0 Å². The first-order valence-electron chi connectivity index (χ1n) is 9.59. The van der Waals surface area contributed by atoms with Gasteiger partial charge in [-0.25, -0.2) is 0 Å². The molecule has 0 aromatic heterocycles. The van der Waals surface area contributed by atoms with E-state index in [0.29, 0.717) is 17.9 Å². The molecule has 2 aromatic carbocycles. The number of Topliss-reactive ketones (excluding diaryl/α,β-unsaturated/α-hetero) is 1. The number of ether oxygens (including phenoxy) is 2. The summed E-state index contributed by atoms with van der Waals surface area (Å²) in [6.45, 7) is 5.87. The van der Waals surface area contributed by atoms with E-state index >= 15 is 0 Å². The summed E-state index contributed by atoms with van der Waals surface area (Å²) in [6.07, 6.45) is -0.565. The Kier molecular flexibility index (Phi) is 11.0. The standard InChI is InChI=1S/C22H28N2O4.2ClH/c1-17(25)18-7-9-20(10-8-18)28-16-19(26)15-23-11-13-24(14-12-23)21-5-3-4-6-22(21)27-2;;/h3-10,19,26H,11-16H2,1-2H3;2*1H. The summed E-state index contributed by atoms with van der Waals surface area (Å²) >= 11 is 0. The molecule has 1 fully saturated rings. The molecule has 2 aromatic rings. The van der Waals surface area contributed by atoms with E-state index in [2.05, 4.69) is 15.9 Å². The number of aliphatic hydroxyl groups is 1. The smallest absolute Gasteiger partial charge is 0.159 e. The normalized spacial score (nSPS) is 14.8. The highest BCUT2D eigenvalue weighted by Gasteiger charge is 2.21. The molecule has 1 atom stereocenters. The second-order valence-corrected chi connectivity index (χ2v) is 7.00. The number of β-amino-alcohol motifs (C(OH)–C–C–N with tert-alkyl or cyclic N) is 1. The monoisotopic (exact) mass is 456 g/mol. The molecule has 0 aliphatic carbocycles. The minimum Gasteiger partial charge on any atom is -0.495 e. The van der Waals surface area contributed by atoms with Gasteiger partial charge in [0.05, 0.1) is 12.8 Å². The quantitative estimate of drug-likeness (QED) is 0.614. The number of rotatable bonds is 8. The van der Waals surface area contributed by atoms with Crippen LogP contribution in [0.1, 0.15) is 17.3 Å². The highest BCUT2D eigenvalue weighted by Crippen LogP contribution is 2.28. The summed E-state index contributed by atoms with van der Waals surface area (Å²) in [6, 6.07) is 15.0. The average molecular weight is 457 g/mol. The van der Waals surface area contributed by atoms with Crippen LogP contribution in [0.5, 0.6) is 11.5 Å². The van der Waals surface area contributed by atoms with Gasteiger partial charge in [0, 0.05) is 38.3 Å². The number of carbonyl (C=O) groups excluding carboxylic acids is 1. The molecule has 0 bridgehead atoms. The lowest BCUT2D eigenvalue weighted by Gasteiger charge is -2.37. The van der Waals surface area contributed by atoms with E-state index in [9.17, 15) is 9.90 Å². The Bertz CT molecular complexity index is 781. The number of benzene rings is 2. The summed E-state index contributed by atoms with van der Waals surface area (Å²) in [5, 5.41) is 10.3. The Hall–Kier alpha value is -1.99. The van der Waals surface area contributed by atoms with Crippen molar-refractivity contribution in [3.63, 3.8) is 0 Å². The summed E-state index contributed by atoms with van der Waals surface area (Å²) in [5.41, 5.74) is 1.77. The molecule has 1 heterocycles. The van der Waals surface area contributed by atoms with Crippen LogP contribution in [0.4, 0.5) is 5.69 Å². The molecule has 1 N–H and O–H groups in total. The van der Waals surface area contributed by atoms with E-state index in [1.54, 1.807) is 31.4 Å². The molecule has 0 spiro atoms. The van der Waals surface area contributed by atoms with Crippen LogP contribution in [0.2, 0.25) is 0 Å². The van der Waals surface area contributed by atoms with Crippen molar-refractivity contribution in [1.82, 2.24) is 4.90 Å². The van der Waals surface area contributed by atoms with Gasteiger partial charge in [-0.3, -0.25) is 9.69 Å². The Morgan fingerprint density at radius 1 is 1.03 bits per heavy atom. The Morgan fingerprint density at radius 3 is 2.27 bits per heavy atom. The van der Waals surface area contributed by atoms with Gasteiger partial charge in [-0.1, -0.05) is 12.1 Å². The third-order valence-electron chi connectivity index (χ3n) is 4.97. The maximum Gasteiger partial charge on any atom is 0.159 e. The number of halogens is 2. The molecular weight excluding hydrogens is 427 g/mol. The zero-order valence-corrected chi connectivity index (χ0v) is 19.0. The molecule has 6 nitrogen and oxygen atoms in total. The van der Waals surface area contributed by atoms with E-state index in [-0.39, 0.29) is 37.2 Å². The van der Waals surface area contributed by atoms with Crippen molar-refractivity contribution in [2.75, 3.05) is 51.3 Å². The zero-order valence-electron chi connectivity index (χ0n) is 17.3. The lowest BCUT2D eigenvalue weighted by atomic mass is 10.1. The Morgan fingerprint density at radius 2 is 1.67 bits per heavy atom. The van der Waals surface area contributed by atoms with Gasteiger partial charge in [0.15, 0.2) is 5.78 Å². The van der Waals surface area contributed by atoms with Crippen molar-refractivity contribution >= 4 is 36.3 Å². The fourth-order valence-corrected chi connectivity index (χ4v) is 3.39. The van der Waals surface area contributed by atoms with Crippen LogP contribution in [0, 0.1) is 0 Å². The molecule has 1 aliphatic heterocycles. The molecule has 0 radical (unpaired) electrons. The van der Waals surface area contributed by atoms with Gasteiger partial charge < -0.3 is 19.5 Å². The van der Waals surface area contributed by atoms with Crippen LogP contribution in [0.3, 0.4) is 0 Å². The third kappa shape index (κ3) is 7.06. The molecular formula is C22H30Cl2N2O4. The van der Waals surface area contributed by atoms with Crippen molar-refractivity contribution in [1.29, 1.82) is 0 Å². The number of nitrogens with zero attached hydrogens (tertiary/aromatic N) is 2. The van der Waals surface area contributed by atoms with Gasteiger partial charge in [0.2, 0.25) is 0 Å². The maximum absolute atomic E-state index is 11.3. The number of methoxy groups -OCH3 is 1. The molecule has 3 rings (SSSR count). The first-order valence-corrected chi connectivity index (χ1v) is 9.59. The fourth-order valence-electron chi connectivity index (χ4n) is 3.39. The minimum absolute atomic E-state index is 0. The number of carbonyl (C=O) groups is 1. The minimum atomic E-state index is -0.565. The van der Waals surface area contributed by atoms with E-state index in [0.717, 1.165) is 37.6 Å². The van der Waals surface area contributed by atoms with Crippen molar-refractivity contribution in [3.05, 3.63) is 54.1 Å². The summed E-state index contributed by atoms with van der Waals surface area (Å²) in [5.74, 6) is 1.57. The lowest BCUT2D eigenvalue weighted by molar-refractivity contribution is 0.0662. The van der Waals surface area contributed by atoms with Gasteiger partial charge in [-0.15, -0.1) is 24.8 Å². The van der Waals surface area contributed by atoms with E-state index in [1.165, 1.54) is 6.92 Å². The fraction of sp³-hybridized carbons (Fsp3) is 0.409. The topological polar surface area (TPSA) is 62.2 Å². The summed E-state index contributed by atoms with van der Waals surface area (Å²) < 4.78 is 11.1. The Labute approximate surface area is 190 Å². The van der Waals surface area contributed by atoms with Crippen molar-refractivity contribution < 1.29 is 19.4 Å². The molecule has 166 valence electrons. The number of ketones is 1. The Balaban J connectivity index is 0.00000225. The van der Waals surface area contributed by atoms with Gasteiger partial charge in [-0.05, 0) is 43.3 Å². The van der Waals surface area contributed by atoms with E-state index < -0.39 is 6.10 Å². The van der Waals surface area contributed by atoms with Crippen LogP contribution < -0.4 is 14.4 Å². The maximum atomic E-state index is 11.3. The summed E-state index contributed by atoms with van der Waals surface area (Å²) in [4.78, 5) is 15.9. The number of aliphatic hydroxyl groups excluding tert-OH is 1. The third-order valence-corrected chi connectivity index (χ3v) is 4.97. The van der Waals surface area contributed by atoms with E-state index in [4.69, 9.17) is 9.47 Å². The first kappa shape index (κ1) is 26.0. The molecule has 1 aliphatic rings. The van der Waals surface area contributed by atoms with Crippen LogP contribution >= 0.6 is 24.8 Å². The number of piperazine rings is 1. The molecule has 0 saturated carbocycles. The molecule has 8 heteroatoms. The zero-order chi connectivity index (χ0) is 19.9. The van der Waals surface area contributed by atoms with Crippen LogP contribution in [-0.2, 0) is 0 Å². The number of anilines is 1. The second kappa shape index (κ2) is 12.6. The van der Waals surface area contributed by atoms with Crippen LogP contribution in [0.15, 0.2) is 48.5 Å². The van der Waals surface area contributed by atoms with Gasteiger partial charge in [0.25, 0.3) is 0 Å². The van der Waals surface area contributed by atoms with Crippen LogP contribution in [0.25, 0.3) is 0 Å². The number of hydrogen-bond acceptors (Lipinski definition) is 6. The molecule has 1 saturated heterocycles. The molecule has 0 amide bonds.